The Kier molecular flexibility index (Phi) is 6.61. The van der Waals surface area contributed by atoms with Crippen LogP contribution in [-0.2, 0) is 17.6 Å². The Balaban J connectivity index is 1.78. The van der Waals surface area contributed by atoms with E-state index in [9.17, 15) is 9.59 Å². The van der Waals surface area contributed by atoms with Gasteiger partial charge in [-0.15, -0.1) is 0 Å². The summed E-state index contributed by atoms with van der Waals surface area (Å²) >= 11 is 1.28. The molecule has 2 aromatic rings. The van der Waals surface area contributed by atoms with E-state index < -0.39 is 5.25 Å². The number of nitrogens with zero attached hydrogens (tertiary/aromatic N) is 1. The Bertz CT molecular complexity index is 913. The van der Waals surface area contributed by atoms with Gasteiger partial charge in [0.15, 0.2) is 5.16 Å². The van der Waals surface area contributed by atoms with E-state index in [1.54, 1.807) is 32.4 Å². The van der Waals surface area contributed by atoms with E-state index in [1.165, 1.54) is 11.8 Å². The van der Waals surface area contributed by atoms with Crippen molar-refractivity contribution in [1.29, 1.82) is 0 Å². The van der Waals surface area contributed by atoms with Gasteiger partial charge < -0.3 is 19.8 Å². The highest BCUT2D eigenvalue weighted by atomic mass is 32.2. The molecule has 1 aliphatic carbocycles. The number of nitrogens with one attached hydrogen (secondary N) is 2. The third kappa shape index (κ3) is 4.49. The molecule has 0 saturated carbocycles. The highest BCUT2D eigenvalue weighted by Gasteiger charge is 2.23. The highest BCUT2D eigenvalue weighted by molar-refractivity contribution is 8.00. The maximum atomic E-state index is 12.8. The molecule has 1 heterocycles. The minimum absolute atomic E-state index is 0.0862. The van der Waals surface area contributed by atoms with Crippen LogP contribution in [0, 0.1) is 0 Å². The second kappa shape index (κ2) is 9.14. The zero-order valence-electron chi connectivity index (χ0n) is 16.3. The number of anilines is 1. The molecule has 0 radical (unpaired) electrons. The molecule has 1 unspecified atom stereocenters. The number of rotatable bonds is 7. The van der Waals surface area contributed by atoms with Gasteiger partial charge in [-0.1, -0.05) is 18.7 Å². The molecule has 2 N–H and O–H groups in total. The summed E-state index contributed by atoms with van der Waals surface area (Å²) in [5.74, 6) is 0.992. The van der Waals surface area contributed by atoms with Gasteiger partial charge in [-0.2, -0.15) is 0 Å². The summed E-state index contributed by atoms with van der Waals surface area (Å²) in [5.41, 5.74) is 2.10. The van der Waals surface area contributed by atoms with Gasteiger partial charge in [0.05, 0.1) is 30.9 Å². The number of methoxy groups -OCH3 is 2. The van der Waals surface area contributed by atoms with Crippen molar-refractivity contribution in [2.24, 2.45) is 0 Å². The van der Waals surface area contributed by atoms with Gasteiger partial charge in [-0.3, -0.25) is 9.59 Å². The van der Waals surface area contributed by atoms with Gasteiger partial charge in [0.25, 0.3) is 5.56 Å². The molecule has 28 heavy (non-hydrogen) atoms. The van der Waals surface area contributed by atoms with Crippen LogP contribution in [0.5, 0.6) is 11.5 Å². The van der Waals surface area contributed by atoms with Crippen molar-refractivity contribution in [2.45, 2.75) is 49.4 Å². The van der Waals surface area contributed by atoms with Gasteiger partial charge in [0.1, 0.15) is 11.5 Å². The Morgan fingerprint density at radius 2 is 2.07 bits per heavy atom. The average molecular weight is 404 g/mol. The van der Waals surface area contributed by atoms with Gasteiger partial charge in [0, 0.05) is 11.6 Å². The second-order valence-corrected chi connectivity index (χ2v) is 7.77. The third-order valence-corrected chi connectivity index (χ3v) is 6.00. The molecule has 0 bridgehead atoms. The summed E-state index contributed by atoms with van der Waals surface area (Å²) in [6.07, 6.45) is 4.24. The average Bonchev–Trinajstić information content (AvgIpc) is 2.71. The van der Waals surface area contributed by atoms with Crippen molar-refractivity contribution < 1.29 is 14.3 Å². The summed E-state index contributed by atoms with van der Waals surface area (Å²) in [4.78, 5) is 32.6. The van der Waals surface area contributed by atoms with Crippen LogP contribution < -0.4 is 20.3 Å². The lowest BCUT2D eigenvalue weighted by Crippen LogP contribution is -2.27. The maximum Gasteiger partial charge on any atom is 0.254 e. The lowest BCUT2D eigenvalue weighted by molar-refractivity contribution is -0.115. The topological polar surface area (TPSA) is 93.3 Å². The number of hydrogen-bond donors (Lipinski definition) is 2. The number of hydrogen-bond acceptors (Lipinski definition) is 6. The van der Waals surface area contributed by atoms with Crippen molar-refractivity contribution in [3.05, 3.63) is 39.8 Å². The SMILES string of the molecule is CCC(Sc1nc2c(c(=O)[nH]1)CCCC2)C(=O)Nc1cc(OC)ccc1OC. The Hall–Kier alpha value is -2.48. The molecule has 0 spiro atoms. The first-order valence-corrected chi connectivity index (χ1v) is 10.2. The smallest absolute Gasteiger partial charge is 0.254 e. The van der Waals surface area contributed by atoms with Crippen molar-refractivity contribution in [2.75, 3.05) is 19.5 Å². The molecule has 1 amide bonds. The van der Waals surface area contributed by atoms with Gasteiger partial charge in [0.2, 0.25) is 5.91 Å². The molecule has 1 atom stereocenters. The van der Waals surface area contributed by atoms with E-state index in [4.69, 9.17) is 9.47 Å². The maximum absolute atomic E-state index is 12.8. The predicted octanol–water partition coefficient (Wildman–Crippen LogP) is 3.18. The van der Waals surface area contributed by atoms with E-state index in [-0.39, 0.29) is 11.5 Å². The quantitative estimate of drug-likeness (QED) is 0.545. The fraction of sp³-hybridized carbons (Fsp3) is 0.450. The molecule has 7 nitrogen and oxygen atoms in total. The molecule has 0 saturated heterocycles. The lowest BCUT2D eigenvalue weighted by Gasteiger charge is -2.18. The molecular weight excluding hydrogens is 378 g/mol. The number of aryl methyl sites for hydroxylation is 1. The summed E-state index contributed by atoms with van der Waals surface area (Å²) < 4.78 is 10.5. The van der Waals surface area contributed by atoms with Crippen LogP contribution in [0.3, 0.4) is 0 Å². The Morgan fingerprint density at radius 3 is 2.79 bits per heavy atom. The third-order valence-electron chi connectivity index (χ3n) is 4.75. The zero-order chi connectivity index (χ0) is 20.1. The standard InChI is InChI=1S/C20H25N3O4S/c1-4-17(19(25)21-15-11-12(26-2)9-10-16(15)27-3)28-20-22-14-8-6-5-7-13(14)18(24)23-20/h9-11,17H,4-8H2,1-3H3,(H,21,25)(H,22,23,24). The summed E-state index contributed by atoms with van der Waals surface area (Å²) in [7, 11) is 3.11. The van der Waals surface area contributed by atoms with E-state index in [2.05, 4.69) is 15.3 Å². The van der Waals surface area contributed by atoms with E-state index in [0.29, 0.717) is 28.8 Å². The number of carbonyl (C=O) groups is 1. The summed E-state index contributed by atoms with van der Waals surface area (Å²) in [6, 6.07) is 5.22. The highest BCUT2D eigenvalue weighted by Crippen LogP contribution is 2.31. The number of H-pyrrole nitrogens is 1. The van der Waals surface area contributed by atoms with Crippen molar-refractivity contribution in [1.82, 2.24) is 9.97 Å². The molecule has 8 heteroatoms. The first-order valence-electron chi connectivity index (χ1n) is 9.37. The van der Waals surface area contributed by atoms with Gasteiger partial charge >= 0.3 is 0 Å². The summed E-state index contributed by atoms with van der Waals surface area (Å²) in [6.45, 7) is 1.93. The minimum Gasteiger partial charge on any atom is -0.497 e. The predicted molar refractivity (Wildman–Crippen MR) is 110 cm³/mol. The minimum atomic E-state index is -0.402. The van der Waals surface area contributed by atoms with Crippen LogP contribution in [0.2, 0.25) is 0 Å². The van der Waals surface area contributed by atoms with Crippen LogP contribution >= 0.6 is 11.8 Å². The fourth-order valence-electron chi connectivity index (χ4n) is 3.22. The van der Waals surface area contributed by atoms with Gasteiger partial charge in [-0.25, -0.2) is 4.98 Å². The molecule has 0 aliphatic heterocycles. The first-order chi connectivity index (χ1) is 13.5. The Morgan fingerprint density at radius 1 is 1.29 bits per heavy atom. The number of amides is 1. The van der Waals surface area contributed by atoms with Crippen molar-refractivity contribution in [3.8, 4) is 11.5 Å². The van der Waals surface area contributed by atoms with Crippen LogP contribution in [-0.4, -0.2) is 35.3 Å². The normalized spacial score (nSPS) is 14.1. The number of aromatic amines is 1. The number of carbonyl (C=O) groups excluding carboxylic acids is 1. The molecular formula is C20H25N3O4S. The van der Waals surface area contributed by atoms with E-state index in [1.807, 2.05) is 6.92 Å². The van der Waals surface area contributed by atoms with Gasteiger partial charge in [-0.05, 0) is 44.2 Å². The molecule has 3 rings (SSSR count). The van der Waals surface area contributed by atoms with Crippen molar-refractivity contribution >= 4 is 23.4 Å². The largest absolute Gasteiger partial charge is 0.497 e. The van der Waals surface area contributed by atoms with Crippen molar-refractivity contribution in [3.63, 3.8) is 0 Å². The lowest BCUT2D eigenvalue weighted by atomic mass is 9.97. The number of benzene rings is 1. The second-order valence-electron chi connectivity index (χ2n) is 6.57. The van der Waals surface area contributed by atoms with Crippen LogP contribution in [0.4, 0.5) is 5.69 Å². The summed E-state index contributed by atoms with van der Waals surface area (Å²) in [5, 5.41) is 2.99. The number of aromatic nitrogens is 2. The van der Waals surface area contributed by atoms with Crippen LogP contribution in [0.15, 0.2) is 28.2 Å². The number of thioether (sulfide) groups is 1. The fourth-order valence-corrected chi connectivity index (χ4v) is 4.13. The molecule has 0 fully saturated rings. The monoisotopic (exact) mass is 403 g/mol. The van der Waals surface area contributed by atoms with E-state index >= 15 is 0 Å². The van der Waals surface area contributed by atoms with Crippen LogP contribution in [0.1, 0.15) is 37.4 Å². The molecule has 150 valence electrons. The first kappa shape index (κ1) is 20.3. The Labute approximate surface area is 168 Å². The molecule has 1 aromatic carbocycles. The van der Waals surface area contributed by atoms with E-state index in [0.717, 1.165) is 36.9 Å². The zero-order valence-corrected chi connectivity index (χ0v) is 17.1. The number of ether oxygens (including phenoxy) is 2. The molecule has 1 aromatic heterocycles. The van der Waals surface area contributed by atoms with Crippen LogP contribution in [0.25, 0.3) is 0 Å². The number of fused-ring (bicyclic) bond motifs is 1. The molecule has 1 aliphatic rings.